The number of H-pyrrole nitrogens is 1. The third-order valence-electron chi connectivity index (χ3n) is 5.55. The molecule has 0 radical (unpaired) electrons. The van der Waals surface area contributed by atoms with Gasteiger partial charge in [0.1, 0.15) is 11.6 Å². The highest BCUT2D eigenvalue weighted by molar-refractivity contribution is 5.63. The quantitative estimate of drug-likeness (QED) is 0.502. The van der Waals surface area contributed by atoms with E-state index in [9.17, 15) is 18.0 Å². The summed E-state index contributed by atoms with van der Waals surface area (Å²) in [5.74, 6) is 1.29. The summed E-state index contributed by atoms with van der Waals surface area (Å²) in [6.07, 6.45) is 1.75. The van der Waals surface area contributed by atoms with Gasteiger partial charge in [0.15, 0.2) is 5.69 Å². The van der Waals surface area contributed by atoms with E-state index in [1.165, 1.54) is 6.20 Å². The summed E-state index contributed by atoms with van der Waals surface area (Å²) in [5, 5.41) is 0. The zero-order valence-electron chi connectivity index (χ0n) is 17.1. The molecule has 0 atom stereocenters. The van der Waals surface area contributed by atoms with Crippen LogP contribution < -0.4 is 4.74 Å². The lowest BCUT2D eigenvalue weighted by atomic mass is 9.88. The van der Waals surface area contributed by atoms with Gasteiger partial charge in [-0.2, -0.15) is 13.2 Å². The Bertz CT molecular complexity index is 1030. The standard InChI is InChI=1S/C23H22F3N3O3/c24-23(25,26)21-12-28-22(29-21)17-5-10-20(27-11-17)16-3-8-19(9-4-16)32-18-6-1-15(2-7-18)13-31-14-30/h3-5,8-12,14-15,18H,1-2,6-7,13H2,(H,28,29)/t15-,18+. The Kier molecular flexibility index (Phi) is 6.43. The normalized spacial score (nSPS) is 18.8. The lowest BCUT2D eigenvalue weighted by Crippen LogP contribution is -2.26. The Labute approximate surface area is 182 Å². The van der Waals surface area contributed by atoms with Gasteiger partial charge in [-0.1, -0.05) is 0 Å². The first kappa shape index (κ1) is 21.9. The molecular formula is C23H22F3N3O3. The van der Waals surface area contributed by atoms with E-state index in [1.807, 2.05) is 24.3 Å². The lowest BCUT2D eigenvalue weighted by Gasteiger charge is -2.28. The highest BCUT2D eigenvalue weighted by atomic mass is 19.4. The molecule has 0 unspecified atom stereocenters. The number of aromatic nitrogens is 3. The molecule has 1 aliphatic carbocycles. The highest BCUT2D eigenvalue weighted by Crippen LogP contribution is 2.31. The molecule has 6 nitrogen and oxygen atoms in total. The van der Waals surface area contributed by atoms with E-state index in [-0.39, 0.29) is 11.9 Å². The summed E-state index contributed by atoms with van der Waals surface area (Å²) in [4.78, 5) is 20.8. The third-order valence-corrected chi connectivity index (χ3v) is 5.55. The van der Waals surface area contributed by atoms with Crippen molar-refractivity contribution in [3.63, 3.8) is 0 Å². The summed E-state index contributed by atoms with van der Waals surface area (Å²) in [6, 6.07) is 11.0. The fourth-order valence-corrected chi connectivity index (χ4v) is 3.81. The van der Waals surface area contributed by atoms with Crippen LogP contribution in [0, 0.1) is 5.92 Å². The molecule has 0 aliphatic heterocycles. The number of imidazole rings is 1. The summed E-state index contributed by atoms with van der Waals surface area (Å²) in [6.45, 7) is 0.966. The van der Waals surface area contributed by atoms with Gasteiger partial charge in [-0.25, -0.2) is 4.98 Å². The van der Waals surface area contributed by atoms with Crippen molar-refractivity contribution in [2.24, 2.45) is 5.92 Å². The Morgan fingerprint density at radius 1 is 1.03 bits per heavy atom. The molecule has 168 valence electrons. The van der Waals surface area contributed by atoms with Crippen molar-refractivity contribution in [3.8, 4) is 28.4 Å². The fraction of sp³-hybridized carbons (Fsp3) is 0.348. The summed E-state index contributed by atoms with van der Waals surface area (Å²) in [7, 11) is 0. The molecule has 3 aromatic rings. The number of alkyl halides is 3. The van der Waals surface area contributed by atoms with Crippen molar-refractivity contribution in [3.05, 3.63) is 54.5 Å². The summed E-state index contributed by atoms with van der Waals surface area (Å²) in [5.41, 5.74) is 1.07. The number of nitrogens with zero attached hydrogens (tertiary/aromatic N) is 2. The zero-order valence-corrected chi connectivity index (χ0v) is 17.1. The number of rotatable bonds is 7. The molecule has 1 N–H and O–H groups in total. The van der Waals surface area contributed by atoms with Crippen molar-refractivity contribution in [1.82, 2.24) is 15.0 Å². The second-order valence-corrected chi connectivity index (χ2v) is 7.78. The maximum absolute atomic E-state index is 12.7. The third kappa shape index (κ3) is 5.27. The van der Waals surface area contributed by atoms with Crippen LogP contribution in [0.4, 0.5) is 13.2 Å². The number of ether oxygens (including phenoxy) is 2. The first-order chi connectivity index (χ1) is 15.4. The number of carbonyl (C=O) groups excluding carboxylic acids is 1. The number of hydrogen-bond acceptors (Lipinski definition) is 5. The molecule has 1 aromatic carbocycles. The number of hydrogen-bond donors (Lipinski definition) is 1. The van der Waals surface area contributed by atoms with Gasteiger partial charge >= 0.3 is 6.18 Å². The average molecular weight is 445 g/mol. The zero-order chi connectivity index (χ0) is 22.6. The van der Waals surface area contributed by atoms with Crippen LogP contribution in [0.3, 0.4) is 0 Å². The van der Waals surface area contributed by atoms with Crippen LogP contribution in [0.15, 0.2) is 48.8 Å². The molecule has 1 saturated carbocycles. The fourth-order valence-electron chi connectivity index (χ4n) is 3.81. The van der Waals surface area contributed by atoms with Crippen molar-refractivity contribution in [2.45, 2.75) is 38.0 Å². The molecule has 4 rings (SSSR count). The van der Waals surface area contributed by atoms with E-state index in [2.05, 4.69) is 15.0 Å². The first-order valence-electron chi connectivity index (χ1n) is 10.3. The van der Waals surface area contributed by atoms with Gasteiger partial charge in [0.2, 0.25) is 0 Å². The molecule has 1 aliphatic rings. The minimum absolute atomic E-state index is 0.118. The molecule has 0 amide bonds. The maximum Gasteiger partial charge on any atom is 0.434 e. The topological polar surface area (TPSA) is 77.1 Å². The van der Waals surface area contributed by atoms with Crippen LogP contribution in [-0.2, 0) is 15.7 Å². The van der Waals surface area contributed by atoms with Crippen molar-refractivity contribution in [2.75, 3.05) is 6.61 Å². The summed E-state index contributed by atoms with van der Waals surface area (Å²) >= 11 is 0. The van der Waals surface area contributed by atoms with Gasteiger partial charge in [-0.3, -0.25) is 9.78 Å². The molecule has 0 bridgehead atoms. The SMILES string of the molecule is O=COC[C@H]1CC[C@@H](Oc2ccc(-c3ccc(-c4nc(C(F)(F)F)c[nH]4)cn3)cc2)CC1. The Hall–Kier alpha value is -3.36. The number of carbonyl (C=O) groups is 1. The molecular weight excluding hydrogens is 423 g/mol. The highest BCUT2D eigenvalue weighted by Gasteiger charge is 2.33. The van der Waals surface area contributed by atoms with Crippen LogP contribution in [0.25, 0.3) is 22.6 Å². The number of benzene rings is 1. The predicted octanol–water partition coefficient (Wildman–Crippen LogP) is 5.27. The molecule has 0 spiro atoms. The van der Waals surface area contributed by atoms with Gasteiger partial charge in [0.05, 0.1) is 18.4 Å². The molecule has 2 heterocycles. The van der Waals surface area contributed by atoms with E-state index in [1.54, 1.807) is 12.1 Å². The molecule has 1 fully saturated rings. The van der Waals surface area contributed by atoms with E-state index >= 15 is 0 Å². The largest absolute Gasteiger partial charge is 0.490 e. The minimum atomic E-state index is -4.49. The Morgan fingerprint density at radius 3 is 2.34 bits per heavy atom. The van der Waals surface area contributed by atoms with E-state index in [0.29, 0.717) is 30.3 Å². The van der Waals surface area contributed by atoms with Crippen LogP contribution in [0.1, 0.15) is 31.4 Å². The van der Waals surface area contributed by atoms with Gasteiger partial charge in [-0.15, -0.1) is 0 Å². The number of pyridine rings is 1. The first-order valence-corrected chi connectivity index (χ1v) is 10.3. The van der Waals surface area contributed by atoms with Gasteiger partial charge in [0, 0.05) is 23.5 Å². The van der Waals surface area contributed by atoms with Gasteiger partial charge in [-0.05, 0) is 68.0 Å². The van der Waals surface area contributed by atoms with Crippen LogP contribution in [0.2, 0.25) is 0 Å². The van der Waals surface area contributed by atoms with Gasteiger partial charge < -0.3 is 14.5 Å². The van der Waals surface area contributed by atoms with E-state index in [4.69, 9.17) is 9.47 Å². The van der Waals surface area contributed by atoms with E-state index < -0.39 is 11.9 Å². The second-order valence-electron chi connectivity index (χ2n) is 7.78. The number of aromatic amines is 1. The molecule has 32 heavy (non-hydrogen) atoms. The molecule has 9 heteroatoms. The Morgan fingerprint density at radius 2 is 1.75 bits per heavy atom. The van der Waals surface area contributed by atoms with Crippen LogP contribution in [0.5, 0.6) is 5.75 Å². The maximum atomic E-state index is 12.7. The van der Waals surface area contributed by atoms with Crippen molar-refractivity contribution >= 4 is 6.47 Å². The summed E-state index contributed by atoms with van der Waals surface area (Å²) < 4.78 is 49.1. The van der Waals surface area contributed by atoms with Crippen LogP contribution in [-0.4, -0.2) is 34.1 Å². The minimum Gasteiger partial charge on any atom is -0.490 e. The van der Waals surface area contributed by atoms with Crippen molar-refractivity contribution in [1.29, 1.82) is 0 Å². The Balaban J connectivity index is 1.35. The predicted molar refractivity (Wildman–Crippen MR) is 111 cm³/mol. The monoisotopic (exact) mass is 445 g/mol. The smallest absolute Gasteiger partial charge is 0.434 e. The average Bonchev–Trinajstić information content (AvgIpc) is 3.30. The molecule has 0 saturated heterocycles. The van der Waals surface area contributed by atoms with E-state index in [0.717, 1.165) is 43.2 Å². The van der Waals surface area contributed by atoms with Gasteiger partial charge in [0.25, 0.3) is 6.47 Å². The van der Waals surface area contributed by atoms with Crippen molar-refractivity contribution < 1.29 is 27.4 Å². The molecule has 2 aromatic heterocycles. The number of nitrogens with one attached hydrogen (secondary N) is 1. The number of halogens is 3. The lowest BCUT2D eigenvalue weighted by molar-refractivity contribution is -0.140. The van der Waals surface area contributed by atoms with Crippen LogP contribution >= 0.6 is 0 Å². The second kappa shape index (κ2) is 9.42.